The molecule has 24 heavy (non-hydrogen) atoms. The molecule has 1 amide bonds. The van der Waals surface area contributed by atoms with E-state index < -0.39 is 0 Å². The Morgan fingerprint density at radius 3 is 2.79 bits per heavy atom. The zero-order valence-corrected chi connectivity index (χ0v) is 14.7. The van der Waals surface area contributed by atoms with Gasteiger partial charge in [-0.05, 0) is 38.1 Å². The maximum Gasteiger partial charge on any atom is 0.255 e. The molecule has 2 aromatic carbocycles. The average molecular weight is 346 g/mol. The van der Waals surface area contributed by atoms with Crippen LogP contribution in [0.3, 0.4) is 0 Å². The monoisotopic (exact) mass is 345 g/mol. The van der Waals surface area contributed by atoms with E-state index in [1.165, 1.54) is 7.11 Å². The molecular weight excluding hydrogens is 326 g/mol. The third kappa shape index (κ3) is 3.34. The predicted octanol–water partition coefficient (Wildman–Crippen LogP) is 4.38. The van der Waals surface area contributed by atoms with Crippen LogP contribution >= 0.6 is 11.6 Å². The maximum absolute atomic E-state index is 12.8. The summed E-state index contributed by atoms with van der Waals surface area (Å²) < 4.78 is 11.3. The Labute approximate surface area is 146 Å². The highest BCUT2D eigenvalue weighted by molar-refractivity contribution is 6.31. The first kappa shape index (κ1) is 16.7. The molecule has 0 unspecified atom stereocenters. The Balaban J connectivity index is 1.91. The SMILES string of the molecule is COc1ccc(Cl)cc1C(=O)N[C@@H]1CC(C)(C)Oc2ccccc21. The van der Waals surface area contributed by atoms with Crippen molar-refractivity contribution in [1.29, 1.82) is 0 Å². The van der Waals surface area contributed by atoms with Crippen molar-refractivity contribution in [3.05, 3.63) is 58.6 Å². The lowest BCUT2D eigenvalue weighted by Gasteiger charge is -2.37. The number of benzene rings is 2. The second-order valence-corrected chi connectivity index (χ2v) is 6.91. The number of fused-ring (bicyclic) bond motifs is 1. The van der Waals surface area contributed by atoms with E-state index in [0.717, 1.165) is 11.3 Å². The van der Waals surface area contributed by atoms with Crippen molar-refractivity contribution in [2.24, 2.45) is 0 Å². The van der Waals surface area contributed by atoms with Crippen molar-refractivity contribution >= 4 is 17.5 Å². The van der Waals surface area contributed by atoms with E-state index in [9.17, 15) is 4.79 Å². The summed E-state index contributed by atoms with van der Waals surface area (Å²) in [4.78, 5) is 12.8. The summed E-state index contributed by atoms with van der Waals surface area (Å²) in [5.41, 5.74) is 1.04. The van der Waals surface area contributed by atoms with Crippen molar-refractivity contribution in [2.75, 3.05) is 7.11 Å². The molecule has 0 aliphatic carbocycles. The van der Waals surface area contributed by atoms with E-state index in [4.69, 9.17) is 21.1 Å². The molecule has 1 N–H and O–H groups in total. The summed E-state index contributed by atoms with van der Waals surface area (Å²) in [5.74, 6) is 1.08. The number of para-hydroxylation sites is 1. The molecular formula is C19H20ClNO3. The number of amides is 1. The van der Waals surface area contributed by atoms with Crippen molar-refractivity contribution in [3.63, 3.8) is 0 Å². The molecule has 0 fully saturated rings. The molecule has 1 aliphatic heterocycles. The molecule has 1 aliphatic rings. The molecule has 1 atom stereocenters. The predicted molar refractivity (Wildman–Crippen MR) is 94.0 cm³/mol. The Kier molecular flexibility index (Phi) is 4.41. The molecule has 5 heteroatoms. The van der Waals surface area contributed by atoms with Gasteiger partial charge in [-0.3, -0.25) is 4.79 Å². The Morgan fingerprint density at radius 2 is 2.04 bits per heavy atom. The van der Waals surface area contributed by atoms with Crippen LogP contribution in [0.2, 0.25) is 5.02 Å². The van der Waals surface area contributed by atoms with Crippen LogP contribution in [0.1, 0.15) is 42.2 Å². The fraction of sp³-hybridized carbons (Fsp3) is 0.316. The topological polar surface area (TPSA) is 47.6 Å². The van der Waals surface area contributed by atoms with Gasteiger partial charge in [-0.15, -0.1) is 0 Å². The second-order valence-electron chi connectivity index (χ2n) is 6.47. The van der Waals surface area contributed by atoms with E-state index in [2.05, 4.69) is 5.32 Å². The van der Waals surface area contributed by atoms with Crippen molar-refractivity contribution in [1.82, 2.24) is 5.32 Å². The third-order valence-electron chi connectivity index (χ3n) is 4.09. The number of methoxy groups -OCH3 is 1. The summed E-state index contributed by atoms with van der Waals surface area (Å²) in [6, 6.07) is 12.6. The maximum atomic E-state index is 12.8. The summed E-state index contributed by atoms with van der Waals surface area (Å²) >= 11 is 6.03. The van der Waals surface area contributed by atoms with Crippen LogP contribution < -0.4 is 14.8 Å². The summed E-state index contributed by atoms with van der Waals surface area (Å²) in [6.07, 6.45) is 0.679. The largest absolute Gasteiger partial charge is 0.496 e. The highest BCUT2D eigenvalue weighted by atomic mass is 35.5. The average Bonchev–Trinajstić information content (AvgIpc) is 2.53. The van der Waals surface area contributed by atoms with Gasteiger partial charge in [0.2, 0.25) is 0 Å². The molecule has 0 bridgehead atoms. The first-order chi connectivity index (χ1) is 11.4. The summed E-state index contributed by atoms with van der Waals surface area (Å²) in [5, 5.41) is 3.59. The number of carbonyl (C=O) groups excluding carboxylic acids is 1. The third-order valence-corrected chi connectivity index (χ3v) is 4.32. The Hall–Kier alpha value is -2.20. The van der Waals surface area contributed by atoms with Gasteiger partial charge in [0, 0.05) is 17.0 Å². The number of halogens is 1. The summed E-state index contributed by atoms with van der Waals surface area (Å²) in [7, 11) is 1.53. The minimum atomic E-state index is -0.356. The first-order valence-electron chi connectivity index (χ1n) is 7.82. The zero-order chi connectivity index (χ0) is 17.3. The molecule has 4 nitrogen and oxygen atoms in total. The minimum Gasteiger partial charge on any atom is -0.496 e. The lowest BCUT2D eigenvalue weighted by atomic mass is 9.89. The number of hydrogen-bond donors (Lipinski definition) is 1. The van der Waals surface area contributed by atoms with Gasteiger partial charge < -0.3 is 14.8 Å². The van der Waals surface area contributed by atoms with Crippen molar-refractivity contribution < 1.29 is 14.3 Å². The lowest BCUT2D eigenvalue weighted by Crippen LogP contribution is -2.41. The van der Waals surface area contributed by atoms with Crippen LogP contribution in [0.25, 0.3) is 0 Å². The highest BCUT2D eigenvalue weighted by Crippen LogP contribution is 2.39. The van der Waals surface area contributed by atoms with Gasteiger partial charge in [0.25, 0.3) is 5.91 Å². The number of carbonyl (C=O) groups is 1. The molecule has 1 heterocycles. The smallest absolute Gasteiger partial charge is 0.255 e. The van der Waals surface area contributed by atoms with Gasteiger partial charge >= 0.3 is 0 Å². The first-order valence-corrected chi connectivity index (χ1v) is 8.20. The van der Waals surface area contributed by atoms with Crippen molar-refractivity contribution in [3.8, 4) is 11.5 Å². The molecule has 3 rings (SSSR count). The molecule has 0 spiro atoms. The summed E-state index contributed by atoms with van der Waals surface area (Å²) in [6.45, 7) is 4.03. The van der Waals surface area contributed by atoms with Gasteiger partial charge in [-0.2, -0.15) is 0 Å². The van der Waals surface area contributed by atoms with Crippen LogP contribution in [0, 0.1) is 0 Å². The number of nitrogens with one attached hydrogen (secondary N) is 1. The molecule has 0 aromatic heterocycles. The fourth-order valence-corrected chi connectivity index (χ4v) is 3.20. The lowest BCUT2D eigenvalue weighted by molar-refractivity contribution is 0.0619. The van der Waals surface area contributed by atoms with Crippen molar-refractivity contribution in [2.45, 2.75) is 31.9 Å². The zero-order valence-electron chi connectivity index (χ0n) is 13.9. The van der Waals surface area contributed by atoms with E-state index in [1.807, 2.05) is 38.1 Å². The van der Waals surface area contributed by atoms with Gasteiger partial charge in [0.05, 0.1) is 18.7 Å². The van der Waals surface area contributed by atoms with E-state index in [-0.39, 0.29) is 17.6 Å². The fourth-order valence-electron chi connectivity index (χ4n) is 3.02. The van der Waals surface area contributed by atoms with E-state index >= 15 is 0 Å². The van der Waals surface area contributed by atoms with Gasteiger partial charge in [0.15, 0.2) is 0 Å². The molecule has 0 saturated heterocycles. The van der Waals surface area contributed by atoms with Crippen LogP contribution in [-0.4, -0.2) is 18.6 Å². The van der Waals surface area contributed by atoms with Crippen LogP contribution in [0.5, 0.6) is 11.5 Å². The number of hydrogen-bond acceptors (Lipinski definition) is 3. The van der Waals surface area contributed by atoms with Gasteiger partial charge in [-0.25, -0.2) is 0 Å². The number of ether oxygens (including phenoxy) is 2. The van der Waals surface area contributed by atoms with Crippen LogP contribution in [0.4, 0.5) is 0 Å². The van der Waals surface area contributed by atoms with E-state index in [1.54, 1.807) is 18.2 Å². The number of rotatable bonds is 3. The van der Waals surface area contributed by atoms with Crippen LogP contribution in [0.15, 0.2) is 42.5 Å². The standard InChI is InChI=1S/C19H20ClNO3/c1-19(2)11-15(13-6-4-5-7-17(13)24-19)21-18(22)14-10-12(20)8-9-16(14)23-3/h4-10,15H,11H2,1-3H3,(H,21,22)/t15-/m1/s1. The van der Waals surface area contributed by atoms with Gasteiger partial charge in [0.1, 0.15) is 17.1 Å². The second kappa shape index (κ2) is 6.36. The van der Waals surface area contributed by atoms with Crippen LogP contribution in [-0.2, 0) is 0 Å². The molecule has 126 valence electrons. The molecule has 0 radical (unpaired) electrons. The minimum absolute atomic E-state index is 0.138. The quantitative estimate of drug-likeness (QED) is 0.898. The molecule has 2 aromatic rings. The Bertz CT molecular complexity index is 773. The Morgan fingerprint density at radius 1 is 1.29 bits per heavy atom. The highest BCUT2D eigenvalue weighted by Gasteiger charge is 2.34. The molecule has 0 saturated carbocycles. The van der Waals surface area contributed by atoms with Gasteiger partial charge in [-0.1, -0.05) is 29.8 Å². The normalized spacial score (nSPS) is 18.2. The van der Waals surface area contributed by atoms with E-state index in [0.29, 0.717) is 22.8 Å².